The first-order valence-corrected chi connectivity index (χ1v) is 14.0. The SMILES string of the molecule is Cc1ccccc1C1=C[C@@H]2CC[C@H]1C[C@@]2(CCN(C)CCCc1nc2ccccc2[nH]1)OC(=O)C(C)C. The van der Waals surface area contributed by atoms with Gasteiger partial charge in [0.1, 0.15) is 11.4 Å². The van der Waals surface area contributed by atoms with Gasteiger partial charge >= 0.3 is 5.97 Å². The number of hydrogen-bond donors (Lipinski definition) is 1. The number of carbonyl (C=O) groups excluding carboxylic acids is 1. The topological polar surface area (TPSA) is 58.2 Å². The molecule has 0 amide bonds. The van der Waals surface area contributed by atoms with Crippen LogP contribution in [0.5, 0.6) is 0 Å². The van der Waals surface area contributed by atoms with Crippen LogP contribution in [0.4, 0.5) is 0 Å². The quantitative estimate of drug-likeness (QED) is 0.320. The zero-order valence-electron chi connectivity index (χ0n) is 22.8. The van der Waals surface area contributed by atoms with E-state index >= 15 is 0 Å². The fourth-order valence-corrected chi connectivity index (χ4v) is 6.28. The van der Waals surface area contributed by atoms with Gasteiger partial charge in [-0.2, -0.15) is 0 Å². The molecule has 5 heteroatoms. The van der Waals surface area contributed by atoms with Gasteiger partial charge in [-0.25, -0.2) is 4.98 Å². The first-order valence-electron chi connectivity index (χ1n) is 14.0. The minimum atomic E-state index is -0.399. The zero-order valence-corrected chi connectivity index (χ0v) is 22.8. The number of ether oxygens (including phenoxy) is 1. The molecule has 37 heavy (non-hydrogen) atoms. The largest absolute Gasteiger partial charge is 0.458 e. The Balaban J connectivity index is 1.25. The Morgan fingerprint density at radius 3 is 2.65 bits per heavy atom. The fourth-order valence-electron chi connectivity index (χ4n) is 6.28. The van der Waals surface area contributed by atoms with Gasteiger partial charge in [0.05, 0.1) is 17.0 Å². The van der Waals surface area contributed by atoms with Crippen molar-refractivity contribution in [2.24, 2.45) is 17.8 Å². The number of benzene rings is 2. The van der Waals surface area contributed by atoms with E-state index in [-0.39, 0.29) is 17.8 Å². The third-order valence-corrected chi connectivity index (χ3v) is 8.45. The van der Waals surface area contributed by atoms with E-state index in [4.69, 9.17) is 9.72 Å². The molecule has 0 saturated heterocycles. The van der Waals surface area contributed by atoms with Gasteiger partial charge < -0.3 is 14.6 Å². The summed E-state index contributed by atoms with van der Waals surface area (Å²) in [4.78, 5) is 23.4. The molecule has 1 aromatic heterocycles. The molecule has 0 unspecified atom stereocenters. The summed E-state index contributed by atoms with van der Waals surface area (Å²) in [5.41, 5.74) is 5.89. The van der Waals surface area contributed by atoms with Crippen LogP contribution in [0.15, 0.2) is 54.6 Å². The van der Waals surface area contributed by atoms with Crippen LogP contribution in [0, 0.1) is 24.7 Å². The van der Waals surface area contributed by atoms with Crippen LogP contribution in [0.25, 0.3) is 16.6 Å². The van der Waals surface area contributed by atoms with Crippen molar-refractivity contribution < 1.29 is 9.53 Å². The van der Waals surface area contributed by atoms with Crippen molar-refractivity contribution in [2.75, 3.05) is 20.1 Å². The molecule has 3 atom stereocenters. The van der Waals surface area contributed by atoms with Gasteiger partial charge in [0, 0.05) is 25.3 Å². The molecule has 1 N–H and O–H groups in total. The van der Waals surface area contributed by atoms with Gasteiger partial charge in [0.25, 0.3) is 0 Å². The lowest BCUT2D eigenvalue weighted by atomic mass is 9.60. The maximum atomic E-state index is 12.9. The second-order valence-electron chi connectivity index (χ2n) is 11.5. The van der Waals surface area contributed by atoms with Crippen molar-refractivity contribution in [3.05, 3.63) is 71.6 Å². The summed E-state index contributed by atoms with van der Waals surface area (Å²) in [5, 5.41) is 0. The number of H-pyrrole nitrogens is 1. The number of imidazole rings is 1. The van der Waals surface area contributed by atoms with Crippen molar-refractivity contribution in [3.63, 3.8) is 0 Å². The predicted octanol–water partition coefficient (Wildman–Crippen LogP) is 6.58. The van der Waals surface area contributed by atoms with E-state index in [0.717, 1.165) is 62.1 Å². The van der Waals surface area contributed by atoms with Crippen molar-refractivity contribution in [1.29, 1.82) is 0 Å². The Morgan fingerprint density at radius 1 is 1.14 bits per heavy atom. The Morgan fingerprint density at radius 2 is 1.92 bits per heavy atom. The van der Waals surface area contributed by atoms with Crippen LogP contribution in [0.2, 0.25) is 0 Å². The molecule has 1 saturated carbocycles. The van der Waals surface area contributed by atoms with E-state index in [9.17, 15) is 4.79 Å². The molecule has 6 rings (SSSR count). The minimum absolute atomic E-state index is 0.0640. The summed E-state index contributed by atoms with van der Waals surface area (Å²) >= 11 is 0. The van der Waals surface area contributed by atoms with Gasteiger partial charge in [-0.3, -0.25) is 4.79 Å². The molecule has 5 nitrogen and oxygen atoms in total. The number of aromatic amines is 1. The number of aromatic nitrogens is 2. The number of esters is 1. The summed E-state index contributed by atoms with van der Waals surface area (Å²) in [5.74, 6) is 1.60. The van der Waals surface area contributed by atoms with E-state index in [2.05, 4.69) is 66.3 Å². The second kappa shape index (κ2) is 10.8. The molecule has 0 radical (unpaired) electrons. The third kappa shape index (κ3) is 5.52. The Bertz CT molecular complexity index is 1240. The molecule has 0 spiro atoms. The maximum absolute atomic E-state index is 12.9. The van der Waals surface area contributed by atoms with E-state index in [0.29, 0.717) is 5.92 Å². The molecule has 2 aromatic carbocycles. The normalized spacial score (nSPS) is 23.1. The van der Waals surface area contributed by atoms with E-state index < -0.39 is 5.60 Å². The third-order valence-electron chi connectivity index (χ3n) is 8.45. The molecule has 1 heterocycles. The number of nitrogens with zero attached hydrogens (tertiary/aromatic N) is 2. The lowest BCUT2D eigenvalue weighted by Gasteiger charge is -2.50. The van der Waals surface area contributed by atoms with Gasteiger partial charge in [0.2, 0.25) is 0 Å². The first kappa shape index (κ1) is 25.7. The maximum Gasteiger partial charge on any atom is 0.308 e. The lowest BCUT2D eigenvalue weighted by Crippen LogP contribution is -2.51. The highest BCUT2D eigenvalue weighted by Crippen LogP contribution is 2.53. The van der Waals surface area contributed by atoms with Crippen molar-refractivity contribution in [3.8, 4) is 0 Å². The fraction of sp³-hybridized carbons (Fsp3) is 0.500. The number of carbonyl (C=O) groups is 1. The van der Waals surface area contributed by atoms with E-state index in [1.54, 1.807) is 0 Å². The average molecular weight is 500 g/mol. The lowest BCUT2D eigenvalue weighted by molar-refractivity contribution is -0.176. The molecular weight excluding hydrogens is 458 g/mol. The Kier molecular flexibility index (Phi) is 7.52. The van der Waals surface area contributed by atoms with Crippen LogP contribution in [0.1, 0.15) is 62.9 Å². The number of nitrogens with one attached hydrogen (secondary N) is 1. The molecule has 1 fully saturated rings. The standard InChI is InChI=1S/C32H41N3O2/c1-22(2)31(36)37-32(21-24-15-16-25(32)20-27(24)26-11-6-5-10-23(26)3)17-19-35(4)18-9-14-30-33-28-12-7-8-13-29(28)34-30/h5-8,10-13,20,22,24-25H,9,14-19,21H2,1-4H3,(H,33,34)/t24-,25-,32+/m0/s1. The van der Waals surface area contributed by atoms with Gasteiger partial charge in [-0.1, -0.05) is 56.3 Å². The summed E-state index contributed by atoms with van der Waals surface area (Å²) in [6.07, 6.45) is 8.52. The molecule has 0 aliphatic heterocycles. The highest BCUT2D eigenvalue weighted by molar-refractivity contribution is 5.75. The number of hydrogen-bond acceptors (Lipinski definition) is 4. The van der Waals surface area contributed by atoms with Gasteiger partial charge in [-0.05, 0) is 81.0 Å². The highest BCUT2D eigenvalue weighted by atomic mass is 16.6. The molecule has 3 aliphatic carbocycles. The molecule has 2 bridgehead atoms. The van der Waals surface area contributed by atoms with Gasteiger partial charge in [-0.15, -0.1) is 0 Å². The van der Waals surface area contributed by atoms with Crippen LogP contribution >= 0.6 is 0 Å². The molecule has 3 aliphatic rings. The van der Waals surface area contributed by atoms with Crippen molar-refractivity contribution in [1.82, 2.24) is 14.9 Å². The molecular formula is C32H41N3O2. The number of fused-ring (bicyclic) bond motifs is 3. The summed E-state index contributed by atoms with van der Waals surface area (Å²) in [7, 11) is 2.19. The van der Waals surface area contributed by atoms with Crippen LogP contribution in [-0.4, -0.2) is 46.6 Å². The number of aryl methyl sites for hydroxylation is 2. The second-order valence-corrected chi connectivity index (χ2v) is 11.5. The Hall–Kier alpha value is -2.92. The van der Waals surface area contributed by atoms with E-state index in [1.807, 2.05) is 26.0 Å². The van der Waals surface area contributed by atoms with Crippen LogP contribution < -0.4 is 0 Å². The monoisotopic (exact) mass is 499 g/mol. The molecule has 3 aromatic rings. The van der Waals surface area contributed by atoms with Crippen LogP contribution in [-0.2, 0) is 16.0 Å². The van der Waals surface area contributed by atoms with Crippen molar-refractivity contribution in [2.45, 2.75) is 64.9 Å². The van der Waals surface area contributed by atoms with Crippen molar-refractivity contribution >= 4 is 22.6 Å². The number of rotatable bonds is 10. The summed E-state index contributed by atoms with van der Waals surface area (Å²) in [6.45, 7) is 7.99. The average Bonchev–Trinajstić information content (AvgIpc) is 3.31. The van der Waals surface area contributed by atoms with Gasteiger partial charge in [0.15, 0.2) is 0 Å². The zero-order chi connectivity index (χ0) is 26.0. The number of allylic oxidation sites excluding steroid dienone is 1. The highest BCUT2D eigenvalue weighted by Gasteiger charge is 2.50. The van der Waals surface area contributed by atoms with E-state index in [1.165, 1.54) is 23.1 Å². The molecule has 196 valence electrons. The summed E-state index contributed by atoms with van der Waals surface area (Å²) in [6, 6.07) is 16.9. The predicted molar refractivity (Wildman–Crippen MR) is 150 cm³/mol. The Labute approximate surface area is 221 Å². The van der Waals surface area contributed by atoms with Crippen LogP contribution in [0.3, 0.4) is 0 Å². The number of para-hydroxylation sites is 2. The summed E-state index contributed by atoms with van der Waals surface area (Å²) < 4.78 is 6.42. The minimum Gasteiger partial charge on any atom is -0.458 e. The first-order chi connectivity index (χ1) is 17.8. The smallest absolute Gasteiger partial charge is 0.308 e.